The first-order chi connectivity index (χ1) is 15.9. The maximum Gasteiger partial charge on any atom is 0.169 e. The van der Waals surface area contributed by atoms with Crippen molar-refractivity contribution in [2.24, 2.45) is 9.98 Å². The summed E-state index contributed by atoms with van der Waals surface area (Å²) in [6.07, 6.45) is 0. The number of nitrogens with one attached hydrogen (secondary N) is 1. The van der Waals surface area contributed by atoms with Crippen molar-refractivity contribution in [1.82, 2.24) is 10.2 Å². The fraction of sp³-hybridized carbons (Fsp3) is 0.154. The molecule has 3 aromatic carbocycles. The number of fused-ring (bicyclic) bond motifs is 2. The lowest BCUT2D eigenvalue weighted by Crippen LogP contribution is -2.29. The first-order valence-corrected chi connectivity index (χ1v) is 12.6. The molecule has 0 fully saturated rings. The van der Waals surface area contributed by atoms with Gasteiger partial charge in [-0.2, -0.15) is 0 Å². The summed E-state index contributed by atoms with van der Waals surface area (Å²) in [5, 5.41) is 7.79. The lowest BCUT2D eigenvalue weighted by Gasteiger charge is -2.30. The maximum absolute atomic E-state index is 5.15. The molecule has 4 nitrogen and oxygen atoms in total. The quantitative estimate of drug-likeness (QED) is 0.506. The van der Waals surface area contributed by atoms with Crippen LogP contribution in [0.3, 0.4) is 0 Å². The number of thioether (sulfide) groups is 2. The zero-order valence-corrected chi connectivity index (χ0v) is 19.0. The Morgan fingerprint density at radius 3 is 2.44 bits per heavy atom. The number of aliphatic imine (C=N–C) groups is 2. The van der Waals surface area contributed by atoms with Crippen LogP contribution in [-0.2, 0) is 6.54 Å². The van der Waals surface area contributed by atoms with Gasteiger partial charge in [0.25, 0.3) is 0 Å². The van der Waals surface area contributed by atoms with E-state index in [1.54, 1.807) is 23.5 Å². The van der Waals surface area contributed by atoms with Crippen molar-refractivity contribution in [3.63, 3.8) is 0 Å². The van der Waals surface area contributed by atoms with Gasteiger partial charge in [0.2, 0.25) is 0 Å². The van der Waals surface area contributed by atoms with Crippen molar-refractivity contribution < 1.29 is 0 Å². The van der Waals surface area contributed by atoms with E-state index in [1.807, 2.05) is 6.07 Å². The molecule has 0 aromatic heterocycles. The number of nitrogens with zero attached hydrogens (tertiary/aromatic N) is 3. The summed E-state index contributed by atoms with van der Waals surface area (Å²) in [5.41, 5.74) is 6.15. The molecular weight excluding hydrogens is 432 g/mol. The lowest BCUT2D eigenvalue weighted by molar-refractivity contribution is 0.379. The third kappa shape index (κ3) is 3.63. The summed E-state index contributed by atoms with van der Waals surface area (Å²) >= 11 is 3.50. The number of para-hydroxylation sites is 1. The zero-order valence-electron chi connectivity index (χ0n) is 17.4. The van der Waals surface area contributed by atoms with Crippen LogP contribution in [0, 0.1) is 0 Å². The molecule has 1 N–H and O–H groups in total. The smallest absolute Gasteiger partial charge is 0.169 e. The molecule has 0 radical (unpaired) electrons. The van der Waals surface area contributed by atoms with E-state index < -0.39 is 0 Å². The highest BCUT2D eigenvalue weighted by Crippen LogP contribution is 2.49. The van der Waals surface area contributed by atoms with E-state index in [0.29, 0.717) is 0 Å². The number of rotatable bonds is 4. The Hall–Kier alpha value is -2.96. The Kier molecular flexibility index (Phi) is 5.25. The average molecular weight is 455 g/mol. The van der Waals surface area contributed by atoms with Crippen molar-refractivity contribution in [2.75, 3.05) is 5.75 Å². The van der Waals surface area contributed by atoms with Gasteiger partial charge in [0.15, 0.2) is 10.3 Å². The molecule has 2 atom stereocenters. The van der Waals surface area contributed by atoms with E-state index >= 15 is 0 Å². The van der Waals surface area contributed by atoms with Gasteiger partial charge in [0.1, 0.15) is 6.04 Å². The second kappa shape index (κ2) is 8.52. The summed E-state index contributed by atoms with van der Waals surface area (Å²) in [7, 11) is 0. The van der Waals surface area contributed by atoms with Gasteiger partial charge in [-0.15, -0.1) is 0 Å². The van der Waals surface area contributed by atoms with E-state index in [-0.39, 0.29) is 12.1 Å². The number of amidine groups is 2. The molecule has 3 aromatic rings. The van der Waals surface area contributed by atoms with Gasteiger partial charge in [0, 0.05) is 18.0 Å². The molecule has 6 rings (SSSR count). The highest BCUT2D eigenvalue weighted by Gasteiger charge is 2.42. The zero-order chi connectivity index (χ0) is 21.3. The van der Waals surface area contributed by atoms with Crippen LogP contribution in [0.4, 0.5) is 5.69 Å². The average Bonchev–Trinajstić information content (AvgIpc) is 3.43. The van der Waals surface area contributed by atoms with E-state index in [2.05, 4.69) is 94.5 Å². The van der Waals surface area contributed by atoms with Gasteiger partial charge in [-0.1, -0.05) is 102 Å². The summed E-state index contributed by atoms with van der Waals surface area (Å²) in [6.45, 7) is 0.828. The molecular formula is C26H22N4S2. The minimum Gasteiger partial charge on any atom is -0.360 e. The maximum atomic E-state index is 5.15. The topological polar surface area (TPSA) is 40.0 Å². The normalized spacial score (nSPS) is 21.2. The molecule has 6 heteroatoms. The van der Waals surface area contributed by atoms with Gasteiger partial charge in [-0.25, -0.2) is 4.99 Å². The molecule has 0 spiro atoms. The van der Waals surface area contributed by atoms with Crippen LogP contribution in [0.1, 0.15) is 28.8 Å². The minimum absolute atomic E-state index is 0.0897. The number of benzene rings is 3. The molecule has 0 amide bonds. The van der Waals surface area contributed by atoms with Crippen LogP contribution < -0.4 is 5.32 Å². The third-order valence-electron chi connectivity index (χ3n) is 5.93. The summed E-state index contributed by atoms with van der Waals surface area (Å²) in [5.74, 6) is 0.852. The van der Waals surface area contributed by atoms with Crippen LogP contribution in [0.25, 0.3) is 0 Å². The Morgan fingerprint density at radius 2 is 1.62 bits per heavy atom. The fourth-order valence-corrected chi connectivity index (χ4v) is 6.29. The van der Waals surface area contributed by atoms with Crippen LogP contribution in [0.15, 0.2) is 106 Å². The summed E-state index contributed by atoms with van der Waals surface area (Å²) in [6, 6.07) is 30.0. The predicted octanol–water partition coefficient (Wildman–Crippen LogP) is 6.25. The van der Waals surface area contributed by atoms with Gasteiger partial charge >= 0.3 is 0 Å². The predicted molar refractivity (Wildman–Crippen MR) is 136 cm³/mol. The van der Waals surface area contributed by atoms with Crippen LogP contribution in [-0.4, -0.2) is 21.0 Å². The van der Waals surface area contributed by atoms with Crippen molar-refractivity contribution in [3.8, 4) is 0 Å². The Morgan fingerprint density at radius 1 is 0.906 bits per heavy atom. The van der Waals surface area contributed by atoms with Gasteiger partial charge in [0.05, 0.1) is 11.7 Å². The highest BCUT2D eigenvalue weighted by atomic mass is 32.2. The molecule has 3 aliphatic heterocycles. The van der Waals surface area contributed by atoms with Crippen LogP contribution >= 0.6 is 23.5 Å². The van der Waals surface area contributed by atoms with Gasteiger partial charge in [-0.05, 0) is 28.2 Å². The molecule has 158 valence electrons. The second-order valence-corrected chi connectivity index (χ2v) is 9.71. The lowest BCUT2D eigenvalue weighted by atomic mass is 9.93. The third-order valence-corrected chi connectivity index (χ3v) is 7.78. The minimum atomic E-state index is 0.0897. The largest absolute Gasteiger partial charge is 0.360 e. The summed E-state index contributed by atoms with van der Waals surface area (Å²) in [4.78, 5) is 12.4. The SMILES string of the molecule is C1=C(CSC2=Nc3ccccc3CN2)N2C(=NC(c3ccccc3)C2c2ccccc2)S1. The number of hydrogen-bond donors (Lipinski definition) is 1. The Balaban J connectivity index is 1.26. The molecule has 0 saturated carbocycles. The first-order valence-electron chi connectivity index (χ1n) is 10.7. The molecule has 32 heavy (non-hydrogen) atoms. The molecule has 0 bridgehead atoms. The molecule has 0 saturated heterocycles. The number of hydrogen-bond acceptors (Lipinski definition) is 6. The standard InChI is InChI=1S/C26H22N4S2/c1-3-9-18(10-4-1)23-24(19-11-5-2-6-12-19)30-21(17-32-26(30)29-23)16-31-25-27-15-20-13-7-8-14-22(20)28-25/h1-14,17,23-24H,15-16H2,(H,27,28). The molecule has 3 aliphatic rings. The van der Waals surface area contributed by atoms with E-state index in [4.69, 9.17) is 9.98 Å². The first kappa shape index (κ1) is 19.7. The van der Waals surface area contributed by atoms with Gasteiger partial charge < -0.3 is 10.2 Å². The summed E-state index contributed by atoms with van der Waals surface area (Å²) < 4.78 is 0. The molecule has 3 heterocycles. The Labute approximate surface area is 196 Å². The molecule has 0 aliphatic carbocycles. The highest BCUT2D eigenvalue weighted by molar-refractivity contribution is 8.17. The van der Waals surface area contributed by atoms with Crippen LogP contribution in [0.2, 0.25) is 0 Å². The van der Waals surface area contributed by atoms with E-state index in [9.17, 15) is 0 Å². The van der Waals surface area contributed by atoms with Crippen molar-refractivity contribution >= 4 is 39.5 Å². The fourth-order valence-electron chi connectivity index (χ4n) is 4.39. The van der Waals surface area contributed by atoms with Crippen molar-refractivity contribution in [3.05, 3.63) is 113 Å². The van der Waals surface area contributed by atoms with Crippen molar-refractivity contribution in [1.29, 1.82) is 0 Å². The monoisotopic (exact) mass is 454 g/mol. The Bertz CT molecular complexity index is 1220. The van der Waals surface area contributed by atoms with Crippen LogP contribution in [0.5, 0.6) is 0 Å². The molecule has 2 unspecified atom stereocenters. The van der Waals surface area contributed by atoms with E-state index in [0.717, 1.165) is 28.3 Å². The van der Waals surface area contributed by atoms with Gasteiger partial charge in [-0.3, -0.25) is 4.99 Å². The van der Waals surface area contributed by atoms with E-state index in [1.165, 1.54) is 22.4 Å². The second-order valence-electron chi connectivity index (χ2n) is 7.91. The van der Waals surface area contributed by atoms with Crippen molar-refractivity contribution in [2.45, 2.75) is 18.6 Å².